The average molecular weight is 139 g/mol. The van der Waals surface area contributed by atoms with Crippen molar-refractivity contribution in [1.82, 2.24) is 4.90 Å². The van der Waals surface area contributed by atoms with E-state index in [2.05, 4.69) is 18.9 Å². The van der Waals surface area contributed by atoms with Crippen molar-refractivity contribution in [2.75, 3.05) is 13.7 Å². The first-order valence-corrected chi connectivity index (χ1v) is 3.83. The van der Waals surface area contributed by atoms with Crippen molar-refractivity contribution in [2.24, 2.45) is 5.92 Å². The summed E-state index contributed by atoms with van der Waals surface area (Å²) in [6.45, 7) is 3.17. The maximum absolute atomic E-state index is 5.23. The molecule has 0 N–H and O–H groups in total. The number of rotatable bonds is 0. The molecule has 1 fully saturated rings. The van der Waals surface area contributed by atoms with Crippen molar-refractivity contribution in [3.63, 3.8) is 0 Å². The van der Waals surface area contributed by atoms with E-state index in [0.29, 0.717) is 12.0 Å². The molecule has 56 valence electrons. The Hall–Kier alpha value is -0.660. The largest absolute Gasteiger partial charge is 0.499 e. The van der Waals surface area contributed by atoms with E-state index in [9.17, 15) is 0 Å². The van der Waals surface area contributed by atoms with E-state index >= 15 is 0 Å². The van der Waals surface area contributed by atoms with Crippen LogP contribution in [0.25, 0.3) is 0 Å². The fourth-order valence-corrected chi connectivity index (χ4v) is 1.82. The van der Waals surface area contributed by atoms with E-state index in [1.165, 1.54) is 12.1 Å². The smallest absolute Gasteiger partial charge is 0.102 e. The summed E-state index contributed by atoms with van der Waals surface area (Å²) in [6.07, 6.45) is 3.18. The third kappa shape index (κ3) is 0.648. The SMILES string of the molecule is CC1CC2COC=C2N1C. The van der Waals surface area contributed by atoms with E-state index < -0.39 is 0 Å². The lowest BCUT2D eigenvalue weighted by Crippen LogP contribution is -2.19. The van der Waals surface area contributed by atoms with E-state index in [1.807, 2.05) is 6.26 Å². The third-order valence-corrected chi connectivity index (χ3v) is 2.61. The molecule has 0 spiro atoms. The monoisotopic (exact) mass is 139 g/mol. The van der Waals surface area contributed by atoms with Gasteiger partial charge in [-0.15, -0.1) is 0 Å². The van der Waals surface area contributed by atoms with Crippen LogP contribution in [0.15, 0.2) is 12.0 Å². The lowest BCUT2D eigenvalue weighted by molar-refractivity contribution is 0.239. The lowest BCUT2D eigenvalue weighted by atomic mass is 10.1. The molecule has 2 unspecified atom stereocenters. The number of hydrogen-bond donors (Lipinski definition) is 0. The maximum atomic E-state index is 5.23. The molecule has 0 aromatic carbocycles. The summed E-state index contributed by atoms with van der Waals surface area (Å²) >= 11 is 0. The summed E-state index contributed by atoms with van der Waals surface area (Å²) in [5, 5.41) is 0. The first-order chi connectivity index (χ1) is 4.79. The zero-order valence-electron chi connectivity index (χ0n) is 6.50. The predicted octanol–water partition coefficient (Wildman–Crippen LogP) is 1.20. The molecule has 0 amide bonds. The van der Waals surface area contributed by atoms with Gasteiger partial charge >= 0.3 is 0 Å². The van der Waals surface area contributed by atoms with E-state index in [0.717, 1.165) is 6.61 Å². The Kier molecular flexibility index (Phi) is 1.16. The molecule has 2 rings (SSSR count). The molecular formula is C8H13NO. The van der Waals surface area contributed by atoms with Crippen molar-refractivity contribution in [3.8, 4) is 0 Å². The van der Waals surface area contributed by atoms with Crippen LogP contribution in [-0.4, -0.2) is 24.6 Å². The minimum absolute atomic E-state index is 0.694. The number of fused-ring (bicyclic) bond motifs is 1. The van der Waals surface area contributed by atoms with Gasteiger partial charge in [-0.3, -0.25) is 0 Å². The molecule has 1 saturated heterocycles. The third-order valence-electron chi connectivity index (χ3n) is 2.61. The molecule has 2 aliphatic heterocycles. The topological polar surface area (TPSA) is 12.5 Å². The van der Waals surface area contributed by atoms with E-state index in [4.69, 9.17) is 4.74 Å². The summed E-state index contributed by atoms with van der Waals surface area (Å²) in [5.74, 6) is 0.694. The second kappa shape index (κ2) is 1.91. The van der Waals surface area contributed by atoms with Crippen LogP contribution in [0.5, 0.6) is 0 Å². The van der Waals surface area contributed by atoms with Gasteiger partial charge in [0.05, 0.1) is 12.3 Å². The molecule has 0 bridgehead atoms. The highest BCUT2D eigenvalue weighted by molar-refractivity contribution is 5.13. The molecule has 2 atom stereocenters. The van der Waals surface area contributed by atoms with Gasteiger partial charge in [0.15, 0.2) is 0 Å². The van der Waals surface area contributed by atoms with Gasteiger partial charge in [-0.05, 0) is 13.3 Å². The standard InChI is InChI=1S/C8H13NO/c1-6-3-7-4-10-5-8(7)9(6)2/h5-7H,3-4H2,1-2H3. The number of likely N-dealkylation sites (tertiary alicyclic amines) is 1. The highest BCUT2D eigenvalue weighted by Crippen LogP contribution is 2.35. The molecular weight excluding hydrogens is 126 g/mol. The van der Waals surface area contributed by atoms with Crippen molar-refractivity contribution in [2.45, 2.75) is 19.4 Å². The zero-order valence-corrected chi connectivity index (χ0v) is 6.50. The second-order valence-corrected chi connectivity index (χ2v) is 3.27. The predicted molar refractivity (Wildman–Crippen MR) is 39.4 cm³/mol. The Morgan fingerprint density at radius 3 is 3.20 bits per heavy atom. The van der Waals surface area contributed by atoms with Crippen molar-refractivity contribution >= 4 is 0 Å². The molecule has 2 aliphatic rings. The van der Waals surface area contributed by atoms with Gasteiger partial charge < -0.3 is 9.64 Å². The van der Waals surface area contributed by atoms with Crippen LogP contribution in [0.2, 0.25) is 0 Å². The average Bonchev–Trinajstić information content (AvgIpc) is 2.41. The van der Waals surface area contributed by atoms with Crippen LogP contribution in [0, 0.1) is 5.92 Å². The Labute approximate surface area is 61.5 Å². The summed E-state index contributed by atoms with van der Waals surface area (Å²) in [4.78, 5) is 2.32. The maximum Gasteiger partial charge on any atom is 0.102 e. The van der Waals surface area contributed by atoms with Crippen molar-refractivity contribution in [3.05, 3.63) is 12.0 Å². The summed E-state index contributed by atoms with van der Waals surface area (Å²) in [5.41, 5.74) is 1.40. The summed E-state index contributed by atoms with van der Waals surface area (Å²) in [6, 6.07) is 0.708. The fraction of sp³-hybridized carbons (Fsp3) is 0.750. The van der Waals surface area contributed by atoms with Gasteiger partial charge in [0.1, 0.15) is 6.26 Å². The molecule has 10 heavy (non-hydrogen) atoms. The molecule has 2 nitrogen and oxygen atoms in total. The molecule has 2 heterocycles. The second-order valence-electron chi connectivity index (χ2n) is 3.27. The van der Waals surface area contributed by atoms with Gasteiger partial charge in [0.2, 0.25) is 0 Å². The molecule has 0 aliphatic carbocycles. The molecule has 0 radical (unpaired) electrons. The van der Waals surface area contributed by atoms with Gasteiger partial charge in [-0.2, -0.15) is 0 Å². The van der Waals surface area contributed by atoms with Crippen LogP contribution in [0.4, 0.5) is 0 Å². The Bertz CT molecular complexity index is 176. The van der Waals surface area contributed by atoms with Crippen LogP contribution in [0.1, 0.15) is 13.3 Å². The molecule has 2 heteroatoms. The number of ether oxygens (including phenoxy) is 1. The first kappa shape index (κ1) is 6.08. The highest BCUT2D eigenvalue weighted by atomic mass is 16.5. The molecule has 0 aromatic rings. The summed E-state index contributed by atoms with van der Waals surface area (Å²) in [7, 11) is 2.14. The van der Waals surface area contributed by atoms with Crippen LogP contribution < -0.4 is 0 Å². The summed E-state index contributed by atoms with van der Waals surface area (Å²) < 4.78 is 5.23. The molecule has 0 aromatic heterocycles. The minimum Gasteiger partial charge on any atom is -0.499 e. The Balaban J connectivity index is 2.22. The van der Waals surface area contributed by atoms with E-state index in [-0.39, 0.29) is 0 Å². The normalized spacial score (nSPS) is 37.4. The minimum atomic E-state index is 0.694. The van der Waals surface area contributed by atoms with Crippen molar-refractivity contribution in [1.29, 1.82) is 0 Å². The first-order valence-electron chi connectivity index (χ1n) is 3.83. The van der Waals surface area contributed by atoms with E-state index in [1.54, 1.807) is 0 Å². The van der Waals surface area contributed by atoms with Gasteiger partial charge in [-0.25, -0.2) is 0 Å². The molecule has 0 saturated carbocycles. The van der Waals surface area contributed by atoms with Crippen LogP contribution in [0.3, 0.4) is 0 Å². The lowest BCUT2D eigenvalue weighted by Gasteiger charge is -2.17. The number of nitrogens with zero attached hydrogens (tertiary/aromatic N) is 1. The number of hydrogen-bond acceptors (Lipinski definition) is 2. The Morgan fingerprint density at radius 1 is 1.70 bits per heavy atom. The van der Waals surface area contributed by atoms with Gasteiger partial charge in [-0.1, -0.05) is 0 Å². The fourth-order valence-electron chi connectivity index (χ4n) is 1.82. The van der Waals surface area contributed by atoms with Crippen LogP contribution in [-0.2, 0) is 4.74 Å². The van der Waals surface area contributed by atoms with Crippen LogP contribution >= 0.6 is 0 Å². The van der Waals surface area contributed by atoms with Crippen molar-refractivity contribution < 1.29 is 4.74 Å². The van der Waals surface area contributed by atoms with Gasteiger partial charge in [0, 0.05) is 19.0 Å². The van der Waals surface area contributed by atoms with Gasteiger partial charge in [0.25, 0.3) is 0 Å². The Morgan fingerprint density at radius 2 is 2.50 bits per heavy atom. The highest BCUT2D eigenvalue weighted by Gasteiger charge is 2.34. The zero-order chi connectivity index (χ0) is 7.14. The quantitative estimate of drug-likeness (QED) is 0.500.